The number of carbonyl (C=O) groups is 1. The van der Waals surface area contributed by atoms with Crippen molar-refractivity contribution < 1.29 is 13.6 Å². The summed E-state index contributed by atoms with van der Waals surface area (Å²) < 4.78 is 19.4. The summed E-state index contributed by atoms with van der Waals surface area (Å²) in [4.78, 5) is 12.2. The van der Waals surface area contributed by atoms with Gasteiger partial charge in [-0.25, -0.2) is 4.39 Å². The predicted octanol–water partition coefficient (Wildman–Crippen LogP) is 3.53. The second-order valence-corrected chi connectivity index (χ2v) is 5.15. The quantitative estimate of drug-likeness (QED) is 0.909. The summed E-state index contributed by atoms with van der Waals surface area (Å²) in [5.41, 5.74) is 1.59. The number of halogens is 1. The average Bonchev–Trinajstić information content (AvgIpc) is 2.91. The van der Waals surface area contributed by atoms with Gasteiger partial charge in [0.2, 0.25) is 0 Å². The van der Waals surface area contributed by atoms with E-state index in [9.17, 15) is 9.18 Å². The monoisotopic (exact) mass is 273 g/mol. The first-order valence-electron chi connectivity index (χ1n) is 6.79. The molecule has 3 rings (SSSR count). The zero-order valence-corrected chi connectivity index (χ0v) is 11.3. The maximum atomic E-state index is 14.0. The first-order valence-corrected chi connectivity index (χ1v) is 6.79. The molecule has 0 fully saturated rings. The van der Waals surface area contributed by atoms with Crippen molar-refractivity contribution in [2.24, 2.45) is 0 Å². The van der Waals surface area contributed by atoms with Crippen LogP contribution in [0.2, 0.25) is 0 Å². The Morgan fingerprint density at radius 1 is 1.40 bits per heavy atom. The van der Waals surface area contributed by atoms with Crippen LogP contribution in [0.3, 0.4) is 0 Å². The summed E-state index contributed by atoms with van der Waals surface area (Å²) in [6, 6.07) is 6.64. The van der Waals surface area contributed by atoms with Gasteiger partial charge in [0, 0.05) is 12.0 Å². The number of nitrogens with one attached hydrogen (secondary N) is 1. The van der Waals surface area contributed by atoms with Crippen LogP contribution in [0.1, 0.15) is 46.1 Å². The van der Waals surface area contributed by atoms with E-state index in [1.54, 1.807) is 25.3 Å². The Morgan fingerprint density at radius 2 is 2.25 bits per heavy atom. The fourth-order valence-corrected chi connectivity index (χ4v) is 2.70. The highest BCUT2D eigenvalue weighted by Gasteiger charge is 2.25. The molecule has 0 saturated heterocycles. The third-order valence-corrected chi connectivity index (χ3v) is 3.79. The minimum Gasteiger partial charge on any atom is -0.469 e. The molecule has 0 bridgehead atoms. The van der Waals surface area contributed by atoms with Crippen molar-refractivity contribution in [3.05, 3.63) is 58.8 Å². The van der Waals surface area contributed by atoms with Crippen molar-refractivity contribution in [1.29, 1.82) is 0 Å². The number of aryl methyl sites for hydroxylation is 2. The molecule has 1 aromatic heterocycles. The van der Waals surface area contributed by atoms with Gasteiger partial charge in [-0.2, -0.15) is 0 Å². The van der Waals surface area contributed by atoms with Gasteiger partial charge in [0.25, 0.3) is 5.91 Å². The lowest BCUT2D eigenvalue weighted by molar-refractivity contribution is 0.0928. The molecular weight excluding hydrogens is 257 g/mol. The Balaban J connectivity index is 1.83. The van der Waals surface area contributed by atoms with Crippen LogP contribution in [0, 0.1) is 12.7 Å². The molecule has 0 aliphatic heterocycles. The smallest absolute Gasteiger partial charge is 0.254 e. The van der Waals surface area contributed by atoms with Gasteiger partial charge in [-0.15, -0.1) is 0 Å². The largest absolute Gasteiger partial charge is 0.469 e. The Labute approximate surface area is 116 Å². The van der Waals surface area contributed by atoms with Crippen LogP contribution < -0.4 is 5.32 Å². The fraction of sp³-hybridized carbons (Fsp3) is 0.312. The van der Waals surface area contributed by atoms with Crippen LogP contribution in [0.5, 0.6) is 0 Å². The van der Waals surface area contributed by atoms with E-state index < -0.39 is 5.82 Å². The number of carbonyl (C=O) groups excluding carboxylic acids is 1. The number of hydrogen-bond acceptors (Lipinski definition) is 2. The van der Waals surface area contributed by atoms with Crippen LogP contribution in [0.15, 0.2) is 34.9 Å². The van der Waals surface area contributed by atoms with Gasteiger partial charge in [-0.05, 0) is 37.5 Å². The van der Waals surface area contributed by atoms with Gasteiger partial charge in [-0.3, -0.25) is 4.79 Å². The van der Waals surface area contributed by atoms with Crippen LogP contribution in [-0.4, -0.2) is 5.91 Å². The number of benzene rings is 1. The lowest BCUT2D eigenvalue weighted by atomic mass is 9.93. The van der Waals surface area contributed by atoms with Crippen molar-refractivity contribution in [2.45, 2.75) is 32.2 Å². The molecule has 4 heteroatoms. The molecule has 3 nitrogen and oxygen atoms in total. The second kappa shape index (κ2) is 5.12. The molecule has 1 aliphatic carbocycles. The van der Waals surface area contributed by atoms with Gasteiger partial charge in [0.1, 0.15) is 11.6 Å². The maximum absolute atomic E-state index is 14.0. The number of fused-ring (bicyclic) bond motifs is 1. The van der Waals surface area contributed by atoms with Crippen molar-refractivity contribution in [3.8, 4) is 0 Å². The number of amides is 1. The fourth-order valence-electron chi connectivity index (χ4n) is 2.70. The molecule has 0 spiro atoms. The SMILES string of the molecule is Cc1cccc(C(=O)NC2CCCc3occc32)c1F. The molecule has 1 amide bonds. The Hall–Kier alpha value is -2.10. The Morgan fingerprint density at radius 3 is 3.10 bits per heavy atom. The van der Waals surface area contributed by atoms with E-state index in [1.165, 1.54) is 6.07 Å². The third-order valence-electron chi connectivity index (χ3n) is 3.79. The highest BCUT2D eigenvalue weighted by molar-refractivity contribution is 5.95. The van der Waals surface area contributed by atoms with Gasteiger partial charge >= 0.3 is 0 Å². The minimum absolute atomic E-state index is 0.0927. The zero-order valence-electron chi connectivity index (χ0n) is 11.3. The molecule has 2 aromatic rings. The molecule has 1 aliphatic rings. The number of furan rings is 1. The number of rotatable bonds is 2. The highest BCUT2D eigenvalue weighted by atomic mass is 19.1. The molecule has 1 N–H and O–H groups in total. The van der Waals surface area contributed by atoms with E-state index >= 15 is 0 Å². The molecule has 0 saturated carbocycles. The van der Waals surface area contributed by atoms with Gasteiger partial charge < -0.3 is 9.73 Å². The second-order valence-electron chi connectivity index (χ2n) is 5.15. The van der Waals surface area contributed by atoms with E-state index in [4.69, 9.17) is 4.42 Å². The Kier molecular flexibility index (Phi) is 3.30. The number of hydrogen-bond donors (Lipinski definition) is 1. The lowest BCUT2D eigenvalue weighted by Gasteiger charge is -2.23. The summed E-state index contributed by atoms with van der Waals surface area (Å²) >= 11 is 0. The molecule has 1 unspecified atom stereocenters. The summed E-state index contributed by atoms with van der Waals surface area (Å²) in [5.74, 6) is 0.102. The van der Waals surface area contributed by atoms with Crippen LogP contribution in [0.25, 0.3) is 0 Å². The zero-order chi connectivity index (χ0) is 14.1. The van der Waals surface area contributed by atoms with E-state index in [0.29, 0.717) is 5.56 Å². The molecule has 104 valence electrons. The molecule has 1 aromatic carbocycles. The molecular formula is C16H16FNO2. The van der Waals surface area contributed by atoms with Crippen LogP contribution in [0.4, 0.5) is 4.39 Å². The maximum Gasteiger partial charge on any atom is 0.254 e. The third kappa shape index (κ3) is 2.22. The van der Waals surface area contributed by atoms with Gasteiger partial charge in [0.15, 0.2) is 0 Å². The molecule has 1 heterocycles. The topological polar surface area (TPSA) is 42.2 Å². The Bertz CT molecular complexity index is 648. The summed E-state index contributed by atoms with van der Waals surface area (Å²) in [7, 11) is 0. The standard InChI is InChI=1S/C16H16FNO2/c1-10-4-2-5-12(15(10)17)16(19)18-13-6-3-7-14-11(13)8-9-20-14/h2,4-5,8-9,13H,3,6-7H2,1H3,(H,18,19). The molecule has 20 heavy (non-hydrogen) atoms. The van der Waals surface area contributed by atoms with E-state index in [1.807, 2.05) is 6.07 Å². The van der Waals surface area contributed by atoms with E-state index in [0.717, 1.165) is 30.6 Å². The van der Waals surface area contributed by atoms with Crippen molar-refractivity contribution in [3.63, 3.8) is 0 Å². The minimum atomic E-state index is -0.451. The van der Waals surface area contributed by atoms with Crippen molar-refractivity contribution >= 4 is 5.91 Å². The van der Waals surface area contributed by atoms with Crippen LogP contribution >= 0.6 is 0 Å². The first-order chi connectivity index (χ1) is 9.66. The predicted molar refractivity (Wildman–Crippen MR) is 73.0 cm³/mol. The van der Waals surface area contributed by atoms with Gasteiger partial charge in [-0.1, -0.05) is 12.1 Å². The summed E-state index contributed by atoms with van der Waals surface area (Å²) in [6.45, 7) is 1.65. The first kappa shape index (κ1) is 12.9. The lowest BCUT2D eigenvalue weighted by Crippen LogP contribution is -2.31. The highest BCUT2D eigenvalue weighted by Crippen LogP contribution is 2.30. The molecule has 0 radical (unpaired) electrons. The van der Waals surface area contributed by atoms with E-state index in [2.05, 4.69) is 5.32 Å². The summed E-state index contributed by atoms with van der Waals surface area (Å²) in [5, 5.41) is 2.91. The van der Waals surface area contributed by atoms with Crippen LogP contribution in [-0.2, 0) is 6.42 Å². The average molecular weight is 273 g/mol. The van der Waals surface area contributed by atoms with Crippen molar-refractivity contribution in [1.82, 2.24) is 5.32 Å². The van der Waals surface area contributed by atoms with Crippen molar-refractivity contribution in [2.75, 3.05) is 0 Å². The molecule has 1 atom stereocenters. The normalized spacial score (nSPS) is 17.6. The van der Waals surface area contributed by atoms with E-state index in [-0.39, 0.29) is 17.5 Å². The van der Waals surface area contributed by atoms with Gasteiger partial charge in [0.05, 0.1) is 17.9 Å². The summed E-state index contributed by atoms with van der Waals surface area (Å²) in [6.07, 6.45) is 4.35.